The maximum atomic E-state index is 13.6. The second-order valence-electron chi connectivity index (χ2n) is 4.81. The summed E-state index contributed by atoms with van der Waals surface area (Å²) in [6.45, 7) is 0.0657. The van der Waals surface area contributed by atoms with Gasteiger partial charge in [0.1, 0.15) is 23.0 Å². The van der Waals surface area contributed by atoms with Crippen LogP contribution in [0.5, 0.6) is 0 Å². The van der Waals surface area contributed by atoms with Crippen LogP contribution in [-0.4, -0.2) is 27.6 Å². The monoisotopic (exact) mass is 317 g/mol. The van der Waals surface area contributed by atoms with Gasteiger partial charge in [0, 0.05) is 25.4 Å². The third kappa shape index (κ3) is 2.96. The van der Waals surface area contributed by atoms with Crippen molar-refractivity contribution in [1.82, 2.24) is 19.9 Å². The lowest BCUT2D eigenvalue weighted by atomic mass is 10.2. The topological polar surface area (TPSA) is 71.3 Å². The molecule has 0 aliphatic rings. The van der Waals surface area contributed by atoms with Gasteiger partial charge in [-0.25, -0.2) is 18.3 Å². The predicted molar refractivity (Wildman–Crippen MR) is 80.1 cm³/mol. The summed E-state index contributed by atoms with van der Waals surface area (Å²) in [4.78, 5) is 16.0. The Morgan fingerprint density at radius 2 is 2.13 bits per heavy atom. The highest BCUT2D eigenvalue weighted by atomic mass is 19.1. The van der Waals surface area contributed by atoms with Crippen LogP contribution in [0, 0.1) is 11.6 Å². The van der Waals surface area contributed by atoms with Crippen LogP contribution in [-0.2, 0) is 6.54 Å². The number of nitrogens with zero attached hydrogens (tertiary/aromatic N) is 3. The van der Waals surface area contributed by atoms with Gasteiger partial charge in [-0.3, -0.25) is 4.79 Å². The quantitative estimate of drug-likeness (QED) is 0.772. The Bertz CT molecular complexity index is 877. The Morgan fingerprint density at radius 3 is 2.91 bits per heavy atom. The number of fused-ring (bicyclic) bond motifs is 1. The standard InChI is InChI=1S/C15H13F2N5O/c1-18-15(23)11-8-20-22-5-4-13(21-14(11)22)19-7-9-6-10(16)2-3-12(9)17/h2-6,8H,7H2,1H3,(H,18,23)(H,19,21). The van der Waals surface area contributed by atoms with Crippen LogP contribution in [0.2, 0.25) is 0 Å². The molecule has 0 aliphatic carbocycles. The number of anilines is 1. The molecule has 23 heavy (non-hydrogen) atoms. The number of amides is 1. The van der Waals surface area contributed by atoms with Crippen LogP contribution < -0.4 is 10.6 Å². The molecule has 0 radical (unpaired) electrons. The van der Waals surface area contributed by atoms with Gasteiger partial charge < -0.3 is 10.6 Å². The fourth-order valence-corrected chi connectivity index (χ4v) is 2.13. The highest BCUT2D eigenvalue weighted by Crippen LogP contribution is 2.14. The van der Waals surface area contributed by atoms with Gasteiger partial charge in [-0.15, -0.1) is 0 Å². The minimum absolute atomic E-state index is 0.0657. The van der Waals surface area contributed by atoms with Crippen LogP contribution in [0.1, 0.15) is 15.9 Å². The molecule has 2 aromatic heterocycles. The second-order valence-corrected chi connectivity index (χ2v) is 4.81. The molecular weight excluding hydrogens is 304 g/mol. The van der Waals surface area contributed by atoms with Gasteiger partial charge in [0.25, 0.3) is 5.91 Å². The molecule has 0 fully saturated rings. The van der Waals surface area contributed by atoms with Crippen molar-refractivity contribution in [3.8, 4) is 0 Å². The third-order valence-corrected chi connectivity index (χ3v) is 3.31. The van der Waals surface area contributed by atoms with E-state index in [-0.39, 0.29) is 18.0 Å². The summed E-state index contributed by atoms with van der Waals surface area (Å²) in [6.07, 6.45) is 3.04. The van der Waals surface area contributed by atoms with E-state index in [4.69, 9.17) is 0 Å². The van der Waals surface area contributed by atoms with E-state index in [9.17, 15) is 13.6 Å². The Morgan fingerprint density at radius 1 is 1.30 bits per heavy atom. The fraction of sp³-hybridized carbons (Fsp3) is 0.133. The van der Waals surface area contributed by atoms with Crippen LogP contribution in [0.25, 0.3) is 5.65 Å². The minimum atomic E-state index is -0.510. The molecule has 0 aliphatic heterocycles. The molecule has 0 unspecified atom stereocenters. The van der Waals surface area contributed by atoms with E-state index in [2.05, 4.69) is 20.7 Å². The largest absolute Gasteiger partial charge is 0.366 e. The molecule has 0 bridgehead atoms. The van der Waals surface area contributed by atoms with Crippen molar-refractivity contribution in [2.24, 2.45) is 0 Å². The van der Waals surface area contributed by atoms with Crippen molar-refractivity contribution in [2.75, 3.05) is 12.4 Å². The molecule has 3 aromatic rings. The maximum Gasteiger partial charge on any atom is 0.256 e. The predicted octanol–water partition coefficient (Wildman–Crippen LogP) is 1.98. The molecule has 2 heterocycles. The summed E-state index contributed by atoms with van der Waals surface area (Å²) in [5, 5.41) is 9.44. The Balaban J connectivity index is 1.86. The summed E-state index contributed by atoms with van der Waals surface area (Å²) in [5.41, 5.74) is 0.883. The smallest absolute Gasteiger partial charge is 0.256 e. The first kappa shape index (κ1) is 14.9. The summed E-state index contributed by atoms with van der Waals surface area (Å²) in [7, 11) is 1.51. The van der Waals surface area contributed by atoms with E-state index in [1.807, 2.05) is 0 Å². The number of carbonyl (C=O) groups excluding carboxylic acids is 1. The SMILES string of the molecule is CNC(=O)c1cnn2ccc(NCc3cc(F)ccc3F)nc12. The zero-order chi connectivity index (χ0) is 16.4. The molecule has 3 rings (SSSR count). The highest BCUT2D eigenvalue weighted by molar-refractivity contribution is 5.99. The minimum Gasteiger partial charge on any atom is -0.366 e. The number of carbonyl (C=O) groups is 1. The molecule has 0 saturated heterocycles. The highest BCUT2D eigenvalue weighted by Gasteiger charge is 2.13. The van der Waals surface area contributed by atoms with E-state index in [0.717, 1.165) is 18.2 Å². The van der Waals surface area contributed by atoms with E-state index < -0.39 is 11.6 Å². The zero-order valence-electron chi connectivity index (χ0n) is 12.2. The van der Waals surface area contributed by atoms with E-state index in [0.29, 0.717) is 17.0 Å². The first-order valence-electron chi connectivity index (χ1n) is 6.83. The molecule has 0 spiro atoms. The number of hydrogen-bond acceptors (Lipinski definition) is 4. The van der Waals surface area contributed by atoms with Gasteiger partial charge in [0.15, 0.2) is 5.65 Å². The van der Waals surface area contributed by atoms with Crippen molar-refractivity contribution in [3.63, 3.8) is 0 Å². The van der Waals surface area contributed by atoms with Gasteiger partial charge in [-0.1, -0.05) is 0 Å². The summed E-state index contributed by atoms with van der Waals surface area (Å²) in [5.74, 6) is -0.896. The number of benzene rings is 1. The number of halogens is 2. The van der Waals surface area contributed by atoms with Crippen molar-refractivity contribution < 1.29 is 13.6 Å². The van der Waals surface area contributed by atoms with Crippen LogP contribution in [0.4, 0.5) is 14.6 Å². The first-order chi connectivity index (χ1) is 11.1. The number of nitrogens with one attached hydrogen (secondary N) is 2. The van der Waals surface area contributed by atoms with Crippen molar-refractivity contribution in [2.45, 2.75) is 6.54 Å². The molecule has 1 aromatic carbocycles. The lowest BCUT2D eigenvalue weighted by Crippen LogP contribution is -2.17. The average Bonchev–Trinajstić information content (AvgIpc) is 2.98. The lowest BCUT2D eigenvalue weighted by Gasteiger charge is -2.07. The van der Waals surface area contributed by atoms with Crippen molar-refractivity contribution in [1.29, 1.82) is 0 Å². The Kier molecular flexibility index (Phi) is 3.88. The van der Waals surface area contributed by atoms with Crippen molar-refractivity contribution in [3.05, 3.63) is 59.4 Å². The van der Waals surface area contributed by atoms with Gasteiger partial charge in [0.05, 0.1) is 6.20 Å². The zero-order valence-corrected chi connectivity index (χ0v) is 12.2. The fourth-order valence-electron chi connectivity index (χ4n) is 2.13. The van der Waals surface area contributed by atoms with Gasteiger partial charge >= 0.3 is 0 Å². The first-order valence-corrected chi connectivity index (χ1v) is 6.83. The van der Waals surface area contributed by atoms with Crippen LogP contribution in [0.3, 0.4) is 0 Å². The maximum absolute atomic E-state index is 13.6. The van der Waals surface area contributed by atoms with Gasteiger partial charge in [-0.2, -0.15) is 5.10 Å². The van der Waals surface area contributed by atoms with Gasteiger partial charge in [0.2, 0.25) is 0 Å². The molecule has 2 N–H and O–H groups in total. The lowest BCUT2D eigenvalue weighted by molar-refractivity contribution is 0.0964. The van der Waals surface area contributed by atoms with E-state index in [1.54, 1.807) is 12.3 Å². The molecule has 8 heteroatoms. The third-order valence-electron chi connectivity index (χ3n) is 3.31. The molecule has 118 valence electrons. The Labute approximate surface area is 130 Å². The summed E-state index contributed by atoms with van der Waals surface area (Å²) >= 11 is 0. The summed E-state index contributed by atoms with van der Waals surface area (Å²) < 4.78 is 28.2. The van der Waals surface area contributed by atoms with Crippen LogP contribution in [0.15, 0.2) is 36.7 Å². The van der Waals surface area contributed by atoms with E-state index >= 15 is 0 Å². The Hall–Kier alpha value is -3.03. The molecular formula is C15H13F2N5O. The van der Waals surface area contributed by atoms with Gasteiger partial charge in [-0.05, 0) is 24.3 Å². The normalized spacial score (nSPS) is 10.7. The number of hydrogen-bond donors (Lipinski definition) is 2. The van der Waals surface area contributed by atoms with E-state index in [1.165, 1.54) is 17.8 Å². The summed E-state index contributed by atoms with van der Waals surface area (Å²) in [6, 6.07) is 4.88. The second kappa shape index (κ2) is 5.99. The number of rotatable bonds is 4. The number of aromatic nitrogens is 3. The molecule has 0 saturated carbocycles. The van der Waals surface area contributed by atoms with Crippen LogP contribution >= 0.6 is 0 Å². The molecule has 1 amide bonds. The molecule has 6 nitrogen and oxygen atoms in total. The molecule has 0 atom stereocenters. The van der Waals surface area contributed by atoms with Crippen molar-refractivity contribution >= 4 is 17.4 Å². The average molecular weight is 317 g/mol.